The molecule has 1 fully saturated rings. The first-order valence-corrected chi connectivity index (χ1v) is 7.93. The van der Waals surface area contributed by atoms with Crippen LogP contribution < -0.4 is 15.5 Å². The SMILES string of the molecule is Cc1ccc([N+](=O)[O-])c(NC(=O)C[NH+](C)CC(=O)NC2CC2)c1C. The van der Waals surface area contributed by atoms with Crippen LogP contribution in [0.15, 0.2) is 12.1 Å². The van der Waals surface area contributed by atoms with Gasteiger partial charge in [0.25, 0.3) is 17.5 Å². The van der Waals surface area contributed by atoms with Crippen molar-refractivity contribution in [3.05, 3.63) is 33.4 Å². The Morgan fingerprint density at radius 1 is 1.25 bits per heavy atom. The summed E-state index contributed by atoms with van der Waals surface area (Å²) < 4.78 is 0. The van der Waals surface area contributed by atoms with Gasteiger partial charge >= 0.3 is 0 Å². The molecule has 1 aromatic rings. The molecule has 1 atom stereocenters. The highest BCUT2D eigenvalue weighted by Crippen LogP contribution is 2.29. The van der Waals surface area contributed by atoms with Crippen LogP contribution in [0, 0.1) is 24.0 Å². The molecule has 0 heterocycles. The fourth-order valence-corrected chi connectivity index (χ4v) is 2.41. The van der Waals surface area contributed by atoms with Crippen molar-refractivity contribution in [1.29, 1.82) is 0 Å². The van der Waals surface area contributed by atoms with E-state index in [1.54, 1.807) is 20.0 Å². The molecule has 1 aliphatic carbocycles. The zero-order chi connectivity index (χ0) is 17.9. The number of rotatable bonds is 7. The molecule has 1 saturated carbocycles. The molecule has 3 N–H and O–H groups in total. The van der Waals surface area contributed by atoms with Crippen molar-refractivity contribution in [3.63, 3.8) is 0 Å². The maximum atomic E-state index is 12.2. The van der Waals surface area contributed by atoms with Crippen LogP contribution in [0.25, 0.3) is 0 Å². The molecule has 8 heteroatoms. The van der Waals surface area contributed by atoms with Crippen LogP contribution in [0.4, 0.5) is 11.4 Å². The molecule has 0 aliphatic heterocycles. The molecule has 0 saturated heterocycles. The number of anilines is 1. The maximum Gasteiger partial charge on any atom is 0.293 e. The lowest BCUT2D eigenvalue weighted by Gasteiger charge is -2.15. The molecule has 1 unspecified atom stereocenters. The van der Waals surface area contributed by atoms with E-state index in [1.807, 2.05) is 6.92 Å². The fourth-order valence-electron chi connectivity index (χ4n) is 2.41. The van der Waals surface area contributed by atoms with Gasteiger partial charge in [0, 0.05) is 12.1 Å². The first-order chi connectivity index (χ1) is 11.3. The Morgan fingerprint density at radius 3 is 2.46 bits per heavy atom. The molecule has 0 spiro atoms. The Balaban J connectivity index is 1.97. The molecule has 2 rings (SSSR count). The highest BCUT2D eigenvalue weighted by molar-refractivity contribution is 5.95. The summed E-state index contributed by atoms with van der Waals surface area (Å²) in [6, 6.07) is 3.33. The molecule has 0 aromatic heterocycles. The molecule has 0 bridgehead atoms. The van der Waals surface area contributed by atoms with Gasteiger partial charge in [-0.3, -0.25) is 19.7 Å². The van der Waals surface area contributed by atoms with Gasteiger partial charge in [-0.25, -0.2) is 0 Å². The average Bonchev–Trinajstić information content (AvgIpc) is 3.27. The van der Waals surface area contributed by atoms with Crippen molar-refractivity contribution in [2.24, 2.45) is 0 Å². The molecular weight excluding hydrogens is 312 g/mol. The second kappa shape index (κ2) is 7.39. The maximum absolute atomic E-state index is 12.2. The zero-order valence-electron chi connectivity index (χ0n) is 14.1. The van der Waals surface area contributed by atoms with E-state index in [-0.39, 0.29) is 42.3 Å². The highest BCUT2D eigenvalue weighted by Gasteiger charge is 2.25. The van der Waals surface area contributed by atoms with E-state index in [4.69, 9.17) is 0 Å². The summed E-state index contributed by atoms with van der Waals surface area (Å²) in [7, 11) is 1.74. The minimum atomic E-state index is -0.512. The van der Waals surface area contributed by atoms with Crippen molar-refractivity contribution in [2.75, 3.05) is 25.5 Å². The van der Waals surface area contributed by atoms with Crippen LogP contribution >= 0.6 is 0 Å². The minimum absolute atomic E-state index is 0.0582. The third-order valence-corrected chi connectivity index (χ3v) is 4.04. The number of nitrogens with zero attached hydrogens (tertiary/aromatic N) is 1. The van der Waals surface area contributed by atoms with Gasteiger partial charge in [-0.2, -0.15) is 0 Å². The summed E-state index contributed by atoms with van der Waals surface area (Å²) >= 11 is 0. The highest BCUT2D eigenvalue weighted by atomic mass is 16.6. The number of aryl methyl sites for hydroxylation is 1. The number of nitrogens with one attached hydrogen (secondary N) is 3. The van der Waals surface area contributed by atoms with Crippen molar-refractivity contribution in [1.82, 2.24) is 5.32 Å². The van der Waals surface area contributed by atoms with E-state index in [1.165, 1.54) is 6.07 Å². The summed E-state index contributed by atoms with van der Waals surface area (Å²) in [5, 5.41) is 16.6. The van der Waals surface area contributed by atoms with Crippen molar-refractivity contribution in [3.8, 4) is 0 Å². The zero-order valence-corrected chi connectivity index (χ0v) is 14.1. The van der Waals surface area contributed by atoms with Gasteiger partial charge in [-0.15, -0.1) is 0 Å². The number of benzene rings is 1. The second-order valence-electron chi connectivity index (χ2n) is 6.36. The number of hydrogen-bond donors (Lipinski definition) is 3. The van der Waals surface area contributed by atoms with Gasteiger partial charge in [0.05, 0.1) is 12.0 Å². The van der Waals surface area contributed by atoms with Gasteiger partial charge < -0.3 is 15.5 Å². The molecular formula is C16H23N4O4+. The smallest absolute Gasteiger partial charge is 0.293 e. The quantitative estimate of drug-likeness (QED) is 0.479. The number of hydrogen-bond acceptors (Lipinski definition) is 4. The van der Waals surface area contributed by atoms with E-state index in [0.717, 1.165) is 23.3 Å². The normalized spacial score (nSPS) is 14.8. The first kappa shape index (κ1) is 17.9. The summed E-state index contributed by atoms with van der Waals surface area (Å²) in [5.41, 5.74) is 1.62. The van der Waals surface area contributed by atoms with Crippen LogP contribution in [0.3, 0.4) is 0 Å². The largest absolute Gasteiger partial charge is 0.348 e. The van der Waals surface area contributed by atoms with Crippen LogP contribution in [0.2, 0.25) is 0 Å². The lowest BCUT2D eigenvalue weighted by atomic mass is 10.1. The Bertz CT molecular complexity index is 670. The topological polar surface area (TPSA) is 106 Å². The van der Waals surface area contributed by atoms with Crippen LogP contribution in [-0.2, 0) is 9.59 Å². The molecule has 8 nitrogen and oxygen atoms in total. The Hall–Kier alpha value is -2.48. The van der Waals surface area contributed by atoms with E-state index < -0.39 is 4.92 Å². The summed E-state index contributed by atoms with van der Waals surface area (Å²) in [4.78, 5) is 35.3. The minimum Gasteiger partial charge on any atom is -0.348 e. The number of nitro benzene ring substituents is 1. The van der Waals surface area contributed by atoms with Crippen molar-refractivity contribution >= 4 is 23.2 Å². The van der Waals surface area contributed by atoms with E-state index in [0.29, 0.717) is 5.56 Å². The lowest BCUT2D eigenvalue weighted by molar-refractivity contribution is -0.862. The molecule has 24 heavy (non-hydrogen) atoms. The summed E-state index contributed by atoms with van der Waals surface area (Å²) in [6.07, 6.45) is 2.03. The molecule has 130 valence electrons. The monoisotopic (exact) mass is 335 g/mol. The van der Waals surface area contributed by atoms with Gasteiger partial charge in [0.1, 0.15) is 5.69 Å². The fraction of sp³-hybridized carbons (Fsp3) is 0.500. The van der Waals surface area contributed by atoms with Gasteiger partial charge in [-0.1, -0.05) is 6.07 Å². The third-order valence-electron chi connectivity index (χ3n) is 4.04. The molecule has 0 radical (unpaired) electrons. The molecule has 1 aromatic carbocycles. The van der Waals surface area contributed by atoms with Gasteiger partial charge in [0.15, 0.2) is 13.1 Å². The number of quaternary nitrogens is 1. The van der Waals surface area contributed by atoms with Gasteiger partial charge in [-0.05, 0) is 37.8 Å². The Morgan fingerprint density at radius 2 is 1.88 bits per heavy atom. The number of carbonyl (C=O) groups excluding carboxylic acids is 2. The number of nitro groups is 1. The van der Waals surface area contributed by atoms with E-state index in [2.05, 4.69) is 10.6 Å². The number of carbonyl (C=O) groups is 2. The van der Waals surface area contributed by atoms with Crippen LogP contribution in [-0.4, -0.2) is 42.9 Å². The predicted molar refractivity (Wildman–Crippen MR) is 89.0 cm³/mol. The second-order valence-corrected chi connectivity index (χ2v) is 6.36. The van der Waals surface area contributed by atoms with Crippen LogP contribution in [0.1, 0.15) is 24.0 Å². The van der Waals surface area contributed by atoms with Crippen LogP contribution in [0.5, 0.6) is 0 Å². The van der Waals surface area contributed by atoms with Gasteiger partial charge in [0.2, 0.25) is 0 Å². The third kappa shape index (κ3) is 4.76. The first-order valence-electron chi connectivity index (χ1n) is 7.93. The van der Waals surface area contributed by atoms with Crippen molar-refractivity contribution < 1.29 is 19.4 Å². The Kier molecular flexibility index (Phi) is 5.50. The predicted octanol–water partition coefficient (Wildman–Crippen LogP) is -0.0566. The van der Waals surface area contributed by atoms with E-state index >= 15 is 0 Å². The number of amides is 2. The Labute approximate surface area is 140 Å². The van der Waals surface area contributed by atoms with E-state index in [9.17, 15) is 19.7 Å². The standard InChI is InChI=1S/C16H22N4O4/c1-10-4-7-13(20(23)24)16(11(10)2)18-15(22)9-19(3)8-14(21)17-12-5-6-12/h4,7,12H,5-6,8-9H2,1-3H3,(H,17,21)(H,18,22)/p+1. The summed E-state index contributed by atoms with van der Waals surface area (Å²) in [6.45, 7) is 3.81. The molecule has 2 amide bonds. The van der Waals surface area contributed by atoms with Crippen molar-refractivity contribution in [2.45, 2.75) is 32.7 Å². The molecule has 1 aliphatic rings. The average molecular weight is 335 g/mol. The summed E-state index contributed by atoms with van der Waals surface area (Å²) in [5.74, 6) is -0.441. The lowest BCUT2D eigenvalue weighted by Crippen LogP contribution is -3.11. The number of likely N-dealkylation sites (N-methyl/N-ethyl adjacent to an activating group) is 1.